The Labute approximate surface area is 92.5 Å². The second-order valence-electron chi connectivity index (χ2n) is 3.87. The molecule has 0 aromatic heterocycles. The van der Waals surface area contributed by atoms with Crippen LogP contribution in [0, 0.1) is 0 Å². The van der Waals surface area contributed by atoms with E-state index in [2.05, 4.69) is 15.7 Å². The molecule has 0 bridgehead atoms. The van der Waals surface area contributed by atoms with Crippen molar-refractivity contribution in [2.45, 2.75) is 44.3 Å². The minimum Gasteiger partial charge on any atom is -0.353 e. The van der Waals surface area contributed by atoms with Crippen molar-refractivity contribution in [2.24, 2.45) is 10.8 Å². The molecule has 1 aliphatic rings. The van der Waals surface area contributed by atoms with E-state index in [1.807, 2.05) is 0 Å². The van der Waals surface area contributed by atoms with Crippen LogP contribution in [0.1, 0.15) is 32.1 Å². The molecule has 0 aliphatic heterocycles. The summed E-state index contributed by atoms with van der Waals surface area (Å²) in [5, 5.41) is 3.00. The van der Waals surface area contributed by atoms with Crippen LogP contribution in [0.2, 0.25) is 0 Å². The zero-order chi connectivity index (χ0) is 12.0. The molecular weight excluding hydrogens is 221 g/mol. The van der Waals surface area contributed by atoms with E-state index in [9.17, 15) is 13.2 Å². The van der Waals surface area contributed by atoms with E-state index in [0.29, 0.717) is 0 Å². The summed E-state index contributed by atoms with van der Waals surface area (Å²) in [4.78, 5) is 3.74. The quantitative estimate of drug-likeness (QED) is 0.300. The lowest BCUT2D eigenvalue weighted by Crippen LogP contribution is -2.45. The van der Waals surface area contributed by atoms with Gasteiger partial charge >= 0.3 is 6.18 Å². The SMILES string of the molecule is NNC(=NCCC(F)(F)F)NC1CCCC1. The van der Waals surface area contributed by atoms with Gasteiger partial charge in [-0.15, -0.1) is 0 Å². The summed E-state index contributed by atoms with van der Waals surface area (Å²) in [6, 6.07) is 0.278. The summed E-state index contributed by atoms with van der Waals surface area (Å²) < 4.78 is 35.6. The minimum atomic E-state index is -4.17. The van der Waals surface area contributed by atoms with Crippen LogP contribution in [-0.2, 0) is 0 Å². The van der Waals surface area contributed by atoms with Gasteiger partial charge in [0.25, 0.3) is 0 Å². The van der Waals surface area contributed by atoms with Gasteiger partial charge in [0.1, 0.15) is 0 Å². The van der Waals surface area contributed by atoms with E-state index < -0.39 is 12.6 Å². The number of aliphatic imine (C=N–C) groups is 1. The molecule has 0 aromatic rings. The fraction of sp³-hybridized carbons (Fsp3) is 0.889. The Morgan fingerprint density at radius 1 is 1.31 bits per heavy atom. The summed E-state index contributed by atoms with van der Waals surface area (Å²) in [6.07, 6.45) is -0.794. The van der Waals surface area contributed by atoms with Gasteiger partial charge < -0.3 is 5.32 Å². The van der Waals surface area contributed by atoms with Gasteiger partial charge in [0.15, 0.2) is 0 Å². The lowest BCUT2D eigenvalue weighted by Gasteiger charge is -2.15. The number of hydrogen-bond acceptors (Lipinski definition) is 2. The molecule has 1 fully saturated rings. The average Bonchev–Trinajstić information content (AvgIpc) is 2.67. The summed E-state index contributed by atoms with van der Waals surface area (Å²) in [6.45, 7) is -0.303. The molecular formula is C9H17F3N4. The maximum atomic E-state index is 11.9. The standard InChI is InChI=1S/C9H17F3N4/c10-9(11,12)5-6-14-8(16-13)15-7-3-1-2-4-7/h7H,1-6,13H2,(H2,14,15,16). The molecule has 7 heteroatoms. The molecule has 0 saturated heterocycles. The highest BCUT2D eigenvalue weighted by molar-refractivity contribution is 5.79. The molecule has 16 heavy (non-hydrogen) atoms. The molecule has 4 N–H and O–H groups in total. The average molecular weight is 238 g/mol. The molecule has 0 spiro atoms. The second-order valence-corrected chi connectivity index (χ2v) is 3.87. The van der Waals surface area contributed by atoms with Gasteiger partial charge in [-0.2, -0.15) is 13.2 Å². The van der Waals surface area contributed by atoms with Gasteiger partial charge in [-0.3, -0.25) is 10.4 Å². The number of nitrogens with zero attached hydrogens (tertiary/aromatic N) is 1. The van der Waals surface area contributed by atoms with Crippen molar-refractivity contribution in [1.82, 2.24) is 10.7 Å². The van der Waals surface area contributed by atoms with Gasteiger partial charge in [0.05, 0.1) is 13.0 Å². The predicted octanol–water partition coefficient (Wildman–Crippen LogP) is 1.29. The van der Waals surface area contributed by atoms with Gasteiger partial charge in [-0.1, -0.05) is 12.8 Å². The maximum Gasteiger partial charge on any atom is 0.390 e. The van der Waals surface area contributed by atoms with E-state index >= 15 is 0 Å². The van der Waals surface area contributed by atoms with Crippen LogP contribution in [0.5, 0.6) is 0 Å². The fourth-order valence-electron chi connectivity index (χ4n) is 1.69. The molecule has 94 valence electrons. The topological polar surface area (TPSA) is 62.4 Å². The Morgan fingerprint density at radius 3 is 2.44 bits per heavy atom. The molecule has 0 amide bonds. The van der Waals surface area contributed by atoms with Gasteiger partial charge in [0.2, 0.25) is 5.96 Å². The Bertz CT molecular complexity index is 233. The first-order chi connectivity index (χ1) is 7.51. The van der Waals surface area contributed by atoms with E-state index in [0.717, 1.165) is 25.7 Å². The molecule has 0 atom stereocenters. The Hall–Kier alpha value is -0.980. The highest BCUT2D eigenvalue weighted by Gasteiger charge is 2.26. The minimum absolute atomic E-state index is 0.246. The number of halogens is 3. The van der Waals surface area contributed by atoms with Gasteiger partial charge in [0, 0.05) is 6.04 Å². The van der Waals surface area contributed by atoms with E-state index in [1.165, 1.54) is 0 Å². The van der Waals surface area contributed by atoms with E-state index in [-0.39, 0.29) is 18.5 Å². The lowest BCUT2D eigenvalue weighted by molar-refractivity contribution is -0.132. The number of nitrogens with one attached hydrogen (secondary N) is 2. The number of rotatable bonds is 3. The fourth-order valence-corrected chi connectivity index (χ4v) is 1.69. The normalized spacial score (nSPS) is 18.9. The van der Waals surface area contributed by atoms with Crippen molar-refractivity contribution >= 4 is 5.96 Å². The van der Waals surface area contributed by atoms with Crippen LogP contribution in [0.15, 0.2) is 4.99 Å². The highest BCUT2D eigenvalue weighted by atomic mass is 19.4. The smallest absolute Gasteiger partial charge is 0.353 e. The van der Waals surface area contributed by atoms with Gasteiger partial charge in [-0.05, 0) is 12.8 Å². The van der Waals surface area contributed by atoms with E-state index in [1.54, 1.807) is 0 Å². The van der Waals surface area contributed by atoms with Crippen molar-refractivity contribution in [3.63, 3.8) is 0 Å². The Balaban J connectivity index is 2.31. The number of nitrogens with two attached hydrogens (primary N) is 1. The number of hydrazine groups is 1. The van der Waals surface area contributed by atoms with Crippen LogP contribution >= 0.6 is 0 Å². The van der Waals surface area contributed by atoms with Crippen LogP contribution in [0.25, 0.3) is 0 Å². The van der Waals surface area contributed by atoms with Crippen LogP contribution < -0.4 is 16.6 Å². The maximum absolute atomic E-state index is 11.9. The first-order valence-electron chi connectivity index (χ1n) is 5.35. The zero-order valence-electron chi connectivity index (χ0n) is 8.98. The first-order valence-corrected chi connectivity index (χ1v) is 5.35. The molecule has 0 aromatic carbocycles. The van der Waals surface area contributed by atoms with Crippen LogP contribution in [0.3, 0.4) is 0 Å². The summed E-state index contributed by atoms with van der Waals surface area (Å²) >= 11 is 0. The monoisotopic (exact) mass is 238 g/mol. The van der Waals surface area contributed by atoms with E-state index in [4.69, 9.17) is 5.84 Å². The number of hydrogen-bond donors (Lipinski definition) is 3. The van der Waals surface area contributed by atoms with Crippen molar-refractivity contribution in [2.75, 3.05) is 6.54 Å². The van der Waals surface area contributed by atoms with Crippen molar-refractivity contribution in [3.8, 4) is 0 Å². The molecule has 0 radical (unpaired) electrons. The van der Waals surface area contributed by atoms with Crippen LogP contribution in [0.4, 0.5) is 13.2 Å². The number of alkyl halides is 3. The molecule has 0 heterocycles. The summed E-state index contributed by atoms with van der Waals surface area (Å²) in [5.41, 5.74) is 2.29. The molecule has 0 unspecified atom stereocenters. The van der Waals surface area contributed by atoms with Gasteiger partial charge in [-0.25, -0.2) is 5.84 Å². The third-order valence-corrected chi connectivity index (χ3v) is 2.50. The Morgan fingerprint density at radius 2 is 1.94 bits per heavy atom. The first kappa shape index (κ1) is 13.1. The third-order valence-electron chi connectivity index (χ3n) is 2.50. The van der Waals surface area contributed by atoms with Crippen molar-refractivity contribution in [3.05, 3.63) is 0 Å². The molecule has 1 saturated carbocycles. The summed E-state index contributed by atoms with van der Waals surface area (Å²) in [7, 11) is 0. The Kier molecular flexibility index (Phi) is 4.85. The largest absolute Gasteiger partial charge is 0.390 e. The predicted molar refractivity (Wildman–Crippen MR) is 55.7 cm³/mol. The van der Waals surface area contributed by atoms with Crippen LogP contribution in [-0.4, -0.2) is 24.7 Å². The molecule has 1 rings (SSSR count). The third kappa shape index (κ3) is 5.20. The zero-order valence-corrected chi connectivity index (χ0v) is 8.98. The molecule has 4 nitrogen and oxygen atoms in total. The lowest BCUT2D eigenvalue weighted by atomic mass is 10.2. The van der Waals surface area contributed by atoms with Crippen molar-refractivity contribution in [1.29, 1.82) is 0 Å². The highest BCUT2D eigenvalue weighted by Crippen LogP contribution is 2.19. The number of guanidine groups is 1. The molecule has 1 aliphatic carbocycles. The summed E-state index contributed by atoms with van der Waals surface area (Å²) in [5.74, 6) is 5.42. The van der Waals surface area contributed by atoms with Crippen molar-refractivity contribution < 1.29 is 13.2 Å². The second kappa shape index (κ2) is 5.93.